The number of alkyl halides is 1. The molecule has 1 aliphatic rings. The molecule has 0 aliphatic carbocycles. The van der Waals surface area contributed by atoms with Gasteiger partial charge in [-0.25, -0.2) is 0 Å². The Balaban J connectivity index is 1.98. The average molecular weight is 363 g/mol. The molecule has 2 nitrogen and oxygen atoms in total. The average Bonchev–Trinajstić information content (AvgIpc) is 2.51. The highest BCUT2D eigenvalue weighted by atomic mass is 35.5. The van der Waals surface area contributed by atoms with Crippen molar-refractivity contribution in [2.75, 3.05) is 27.2 Å². The van der Waals surface area contributed by atoms with Crippen molar-refractivity contribution in [3.63, 3.8) is 0 Å². The first-order valence-electron chi connectivity index (χ1n) is 10.1. The lowest BCUT2D eigenvalue weighted by Crippen LogP contribution is -2.48. The molecule has 0 aromatic heterocycles. The van der Waals surface area contributed by atoms with Crippen molar-refractivity contribution in [3.8, 4) is 0 Å². The summed E-state index contributed by atoms with van der Waals surface area (Å²) in [7, 11) is 4.60. The van der Waals surface area contributed by atoms with E-state index in [9.17, 15) is 0 Å². The second-order valence-corrected chi connectivity index (χ2v) is 11.7. The molecule has 0 radical (unpaired) electrons. The van der Waals surface area contributed by atoms with Crippen molar-refractivity contribution in [2.45, 2.75) is 95.1 Å². The molecule has 0 saturated carbocycles. The molecule has 0 aromatic rings. The molecule has 0 N–H and O–H groups in total. The first kappa shape index (κ1) is 21.5. The van der Waals surface area contributed by atoms with Crippen molar-refractivity contribution in [3.05, 3.63) is 0 Å². The van der Waals surface area contributed by atoms with Crippen molar-refractivity contribution in [1.29, 1.82) is 0 Å². The van der Waals surface area contributed by atoms with Gasteiger partial charge in [0.25, 0.3) is 9.68 Å². The third kappa shape index (κ3) is 10.8. The molecule has 0 spiro atoms. The standard InChI is InChI=1S/C19H41ClNOSi/c1-4-5-6-7-8-9-10-11-12-13-16-21(2,3)23-18-15-14-17-22-19(18)20/h18-19H,4-17,23H2,1-3H3/q+1. The number of hydrogen-bond acceptors (Lipinski definition) is 1. The number of halogens is 1. The molecule has 2 atom stereocenters. The molecule has 0 aromatic carbocycles. The van der Waals surface area contributed by atoms with Crippen LogP contribution in [0.1, 0.15) is 84.0 Å². The highest BCUT2D eigenvalue weighted by molar-refractivity contribution is 6.34. The molecule has 1 fully saturated rings. The zero-order valence-electron chi connectivity index (χ0n) is 16.0. The summed E-state index contributed by atoms with van der Waals surface area (Å²) >= 11 is 6.36. The zero-order valence-corrected chi connectivity index (χ0v) is 18.2. The first-order valence-corrected chi connectivity index (χ1v) is 12.0. The molecule has 1 aliphatic heterocycles. The fraction of sp³-hybridized carbons (Fsp3) is 1.00. The fourth-order valence-electron chi connectivity index (χ4n) is 3.74. The summed E-state index contributed by atoms with van der Waals surface area (Å²) in [5, 5.41) is 0. The Labute approximate surface area is 152 Å². The van der Waals surface area contributed by atoms with Crippen LogP contribution in [0, 0.1) is 0 Å². The Kier molecular flexibility index (Phi) is 11.9. The number of ether oxygens (including phenoxy) is 1. The van der Waals surface area contributed by atoms with E-state index in [1.165, 1.54) is 87.7 Å². The molecule has 2 unspecified atom stereocenters. The molecule has 1 heterocycles. The van der Waals surface area contributed by atoms with E-state index in [0.29, 0.717) is 5.54 Å². The largest absolute Gasteiger partial charge is 0.393 e. The number of rotatable bonds is 13. The quantitative estimate of drug-likeness (QED) is 0.247. The van der Waals surface area contributed by atoms with E-state index in [0.717, 1.165) is 6.61 Å². The van der Waals surface area contributed by atoms with Gasteiger partial charge < -0.3 is 8.89 Å². The minimum Gasteiger partial charge on any atom is -0.393 e. The monoisotopic (exact) mass is 362 g/mol. The van der Waals surface area contributed by atoms with E-state index in [-0.39, 0.29) is 15.2 Å². The molecular formula is C19H41ClNOSi+. The van der Waals surface area contributed by atoms with E-state index in [4.69, 9.17) is 16.3 Å². The van der Waals surface area contributed by atoms with Crippen LogP contribution < -0.4 is 0 Å². The molecule has 0 bridgehead atoms. The van der Waals surface area contributed by atoms with Gasteiger partial charge in [-0.2, -0.15) is 0 Å². The van der Waals surface area contributed by atoms with E-state index >= 15 is 0 Å². The van der Waals surface area contributed by atoms with E-state index < -0.39 is 0 Å². The molecule has 1 rings (SSSR count). The maximum Gasteiger partial charge on any atom is 0.261 e. The second kappa shape index (κ2) is 12.7. The van der Waals surface area contributed by atoms with Gasteiger partial charge in [0.2, 0.25) is 0 Å². The van der Waals surface area contributed by atoms with Crippen molar-refractivity contribution in [1.82, 2.24) is 0 Å². The van der Waals surface area contributed by atoms with Crippen LogP contribution in [0.15, 0.2) is 0 Å². The summed E-state index contributed by atoms with van der Waals surface area (Å²) < 4.78 is 6.86. The minimum atomic E-state index is -0.229. The normalized spacial score (nSPS) is 23.0. The summed E-state index contributed by atoms with van der Waals surface area (Å²) in [6.45, 7) is 4.49. The SMILES string of the molecule is CCCCCCCCCCCC[N+](C)(C)[SiH2]C1CCCOC1Cl. The summed E-state index contributed by atoms with van der Waals surface area (Å²) in [5.41, 5.74) is 0.670. The number of hydrogen-bond donors (Lipinski definition) is 0. The third-order valence-corrected chi connectivity index (χ3v) is 8.60. The van der Waals surface area contributed by atoms with E-state index in [1.54, 1.807) is 0 Å². The van der Waals surface area contributed by atoms with Crippen LogP contribution in [-0.2, 0) is 4.74 Å². The van der Waals surface area contributed by atoms with E-state index in [1.807, 2.05) is 0 Å². The maximum absolute atomic E-state index is 6.36. The maximum atomic E-state index is 6.36. The van der Waals surface area contributed by atoms with Gasteiger partial charge in [-0.05, 0) is 25.7 Å². The Morgan fingerprint density at radius 2 is 1.52 bits per heavy atom. The number of nitrogens with zero attached hydrogens (tertiary/aromatic N) is 1. The van der Waals surface area contributed by atoms with Gasteiger partial charge in [0.1, 0.15) is 5.56 Å². The van der Waals surface area contributed by atoms with Gasteiger partial charge in [-0.1, -0.05) is 69.9 Å². The molecule has 4 heteroatoms. The molecule has 0 amide bonds. The van der Waals surface area contributed by atoms with Crippen LogP contribution >= 0.6 is 11.6 Å². The molecular weight excluding hydrogens is 322 g/mol. The Morgan fingerprint density at radius 3 is 2.09 bits per heavy atom. The van der Waals surface area contributed by atoms with Gasteiger partial charge in [-0.3, -0.25) is 0 Å². The summed E-state index contributed by atoms with van der Waals surface area (Å²) in [4.78, 5) is 0. The molecule has 138 valence electrons. The Bertz CT molecular complexity index is 289. The van der Waals surface area contributed by atoms with Crippen molar-refractivity contribution in [2.24, 2.45) is 0 Å². The highest BCUT2D eigenvalue weighted by Crippen LogP contribution is 2.29. The van der Waals surface area contributed by atoms with Crippen LogP contribution in [0.2, 0.25) is 5.54 Å². The predicted octanol–water partition coefficient (Wildman–Crippen LogP) is 5.23. The van der Waals surface area contributed by atoms with Crippen LogP contribution in [0.25, 0.3) is 0 Å². The minimum absolute atomic E-state index is 0.000486. The predicted molar refractivity (Wildman–Crippen MR) is 106 cm³/mol. The van der Waals surface area contributed by atoms with Crippen molar-refractivity contribution >= 4 is 21.3 Å². The number of quaternary nitrogens is 1. The lowest BCUT2D eigenvalue weighted by Gasteiger charge is -2.37. The van der Waals surface area contributed by atoms with Gasteiger partial charge >= 0.3 is 0 Å². The van der Waals surface area contributed by atoms with Gasteiger partial charge in [0.15, 0.2) is 0 Å². The molecule has 23 heavy (non-hydrogen) atoms. The van der Waals surface area contributed by atoms with Crippen LogP contribution in [0.3, 0.4) is 0 Å². The van der Waals surface area contributed by atoms with E-state index in [2.05, 4.69) is 21.0 Å². The smallest absolute Gasteiger partial charge is 0.261 e. The zero-order chi connectivity index (χ0) is 17.0. The first-order chi connectivity index (χ1) is 11.0. The third-order valence-electron chi connectivity index (χ3n) is 5.21. The van der Waals surface area contributed by atoms with Crippen LogP contribution in [0.4, 0.5) is 0 Å². The second-order valence-electron chi connectivity index (χ2n) is 8.15. The van der Waals surface area contributed by atoms with Crippen LogP contribution in [0.5, 0.6) is 0 Å². The van der Waals surface area contributed by atoms with Gasteiger partial charge in [0.05, 0.1) is 20.6 Å². The lowest BCUT2D eigenvalue weighted by atomic mass is 10.1. The van der Waals surface area contributed by atoms with Crippen molar-refractivity contribution < 1.29 is 8.89 Å². The molecule has 1 saturated heterocycles. The van der Waals surface area contributed by atoms with Crippen LogP contribution in [-0.4, -0.2) is 46.6 Å². The van der Waals surface area contributed by atoms with Gasteiger partial charge in [0, 0.05) is 12.1 Å². The Morgan fingerprint density at radius 1 is 0.957 bits per heavy atom. The topological polar surface area (TPSA) is 9.23 Å². The highest BCUT2D eigenvalue weighted by Gasteiger charge is 2.31. The lowest BCUT2D eigenvalue weighted by molar-refractivity contribution is -0.780. The summed E-state index contributed by atoms with van der Waals surface area (Å²) in [5.74, 6) is 0. The summed E-state index contributed by atoms with van der Waals surface area (Å²) in [6.07, 6.45) is 16.7. The van der Waals surface area contributed by atoms with Gasteiger partial charge in [-0.15, -0.1) is 0 Å². The summed E-state index contributed by atoms with van der Waals surface area (Å²) in [6, 6.07) is 0. The number of unbranched alkanes of at least 4 members (excludes halogenated alkanes) is 9. The Hall–Kier alpha value is 0.427. The fourth-order valence-corrected chi connectivity index (χ4v) is 6.64.